The monoisotopic (exact) mass is 249 g/mol. The van der Waals surface area contributed by atoms with Crippen LogP contribution >= 0.6 is 0 Å². The quantitative estimate of drug-likeness (QED) is 0.650. The van der Waals surface area contributed by atoms with Crippen LogP contribution in [-0.2, 0) is 16.0 Å². The molecule has 94 valence electrons. The van der Waals surface area contributed by atoms with Crippen molar-refractivity contribution in [2.24, 2.45) is 0 Å². The zero-order valence-corrected chi connectivity index (χ0v) is 8.93. The maximum Gasteiger partial charge on any atom is 0.310 e. The standard InChI is InChI=1S/C10H10F3NO3/c1-2-17-7(15)4-5-3-6(11)14-10(16)8(5)9(12)13/h3,9H,2,4H2,1H3,(H,14,16). The van der Waals surface area contributed by atoms with Crippen LogP contribution in [0, 0.1) is 5.95 Å². The van der Waals surface area contributed by atoms with Gasteiger partial charge in [-0.3, -0.25) is 14.6 Å². The predicted octanol–water partition coefficient (Wildman–Crippen LogP) is 1.56. The molecular formula is C10H10F3NO3. The topological polar surface area (TPSA) is 59.2 Å². The predicted molar refractivity (Wildman–Crippen MR) is 52.3 cm³/mol. The normalized spacial score (nSPS) is 10.6. The summed E-state index contributed by atoms with van der Waals surface area (Å²) in [4.78, 5) is 23.8. The van der Waals surface area contributed by atoms with Gasteiger partial charge in [-0.1, -0.05) is 0 Å². The molecular weight excluding hydrogens is 239 g/mol. The Bertz CT molecular complexity index is 470. The van der Waals surface area contributed by atoms with E-state index in [-0.39, 0.29) is 12.2 Å². The van der Waals surface area contributed by atoms with Gasteiger partial charge < -0.3 is 4.74 Å². The lowest BCUT2D eigenvalue weighted by atomic mass is 10.1. The molecule has 0 atom stereocenters. The van der Waals surface area contributed by atoms with Crippen LogP contribution in [-0.4, -0.2) is 17.6 Å². The molecule has 1 rings (SSSR count). The molecule has 1 aromatic rings. The fourth-order valence-electron chi connectivity index (χ4n) is 1.34. The largest absolute Gasteiger partial charge is 0.466 e. The molecule has 0 bridgehead atoms. The molecule has 1 heterocycles. The number of nitrogens with one attached hydrogen (secondary N) is 1. The Kier molecular flexibility index (Phi) is 4.30. The van der Waals surface area contributed by atoms with Crippen molar-refractivity contribution in [1.29, 1.82) is 0 Å². The minimum Gasteiger partial charge on any atom is -0.466 e. The lowest BCUT2D eigenvalue weighted by molar-refractivity contribution is -0.142. The van der Waals surface area contributed by atoms with Crippen molar-refractivity contribution in [3.05, 3.63) is 33.5 Å². The van der Waals surface area contributed by atoms with Crippen molar-refractivity contribution in [3.8, 4) is 0 Å². The average Bonchev–Trinajstić information content (AvgIpc) is 2.15. The first kappa shape index (κ1) is 13.3. The molecule has 7 heteroatoms. The summed E-state index contributed by atoms with van der Waals surface area (Å²) in [6, 6.07) is 0.694. The number of halogens is 3. The maximum atomic E-state index is 12.9. The second-order valence-corrected chi connectivity index (χ2v) is 3.17. The third-order valence-corrected chi connectivity index (χ3v) is 1.98. The summed E-state index contributed by atoms with van der Waals surface area (Å²) in [6.45, 7) is 1.62. The maximum absolute atomic E-state index is 12.9. The van der Waals surface area contributed by atoms with E-state index in [2.05, 4.69) is 4.74 Å². The summed E-state index contributed by atoms with van der Waals surface area (Å²) in [5, 5.41) is 0. The van der Waals surface area contributed by atoms with Gasteiger partial charge in [0.25, 0.3) is 12.0 Å². The van der Waals surface area contributed by atoms with Crippen molar-refractivity contribution in [2.45, 2.75) is 19.8 Å². The molecule has 0 spiro atoms. The van der Waals surface area contributed by atoms with Gasteiger partial charge in [-0.2, -0.15) is 4.39 Å². The molecule has 0 saturated carbocycles. The van der Waals surface area contributed by atoms with E-state index >= 15 is 0 Å². The van der Waals surface area contributed by atoms with E-state index in [4.69, 9.17) is 0 Å². The van der Waals surface area contributed by atoms with Gasteiger partial charge in [-0.15, -0.1) is 0 Å². The Balaban J connectivity index is 3.12. The highest BCUT2D eigenvalue weighted by atomic mass is 19.3. The van der Waals surface area contributed by atoms with Gasteiger partial charge >= 0.3 is 5.97 Å². The van der Waals surface area contributed by atoms with Gasteiger partial charge in [0.2, 0.25) is 0 Å². The first-order chi connectivity index (χ1) is 7.95. The van der Waals surface area contributed by atoms with Crippen LogP contribution in [0.5, 0.6) is 0 Å². The lowest BCUT2D eigenvalue weighted by Crippen LogP contribution is -2.20. The van der Waals surface area contributed by atoms with Crippen LogP contribution in [0.4, 0.5) is 13.2 Å². The van der Waals surface area contributed by atoms with E-state index in [1.165, 1.54) is 0 Å². The highest BCUT2D eigenvalue weighted by molar-refractivity contribution is 5.73. The molecule has 0 unspecified atom stereocenters. The number of pyridine rings is 1. The number of aromatic nitrogens is 1. The Morgan fingerprint density at radius 1 is 1.53 bits per heavy atom. The molecule has 0 aromatic carbocycles. The third kappa shape index (κ3) is 3.33. The zero-order valence-electron chi connectivity index (χ0n) is 8.93. The molecule has 0 aliphatic heterocycles. The average molecular weight is 249 g/mol. The van der Waals surface area contributed by atoms with E-state index in [1.807, 2.05) is 0 Å². The Hall–Kier alpha value is -1.79. The number of H-pyrrole nitrogens is 1. The number of ether oxygens (including phenoxy) is 1. The number of rotatable bonds is 4. The van der Waals surface area contributed by atoms with Crippen LogP contribution in [0.25, 0.3) is 0 Å². The SMILES string of the molecule is CCOC(=O)Cc1cc(F)[nH]c(=O)c1C(F)F. The van der Waals surface area contributed by atoms with Gasteiger partial charge in [0, 0.05) is 0 Å². The van der Waals surface area contributed by atoms with E-state index in [1.54, 1.807) is 11.9 Å². The number of hydrogen-bond acceptors (Lipinski definition) is 3. The van der Waals surface area contributed by atoms with Gasteiger partial charge in [0.05, 0.1) is 18.6 Å². The van der Waals surface area contributed by atoms with Crippen molar-refractivity contribution in [2.75, 3.05) is 6.61 Å². The number of alkyl halides is 2. The molecule has 0 aliphatic carbocycles. The van der Waals surface area contributed by atoms with Gasteiger partial charge in [-0.25, -0.2) is 8.78 Å². The molecule has 0 amide bonds. The molecule has 0 fully saturated rings. The lowest BCUT2D eigenvalue weighted by Gasteiger charge is -2.07. The van der Waals surface area contributed by atoms with Crippen LogP contribution < -0.4 is 5.56 Å². The Labute approximate surface area is 94.4 Å². The summed E-state index contributed by atoms with van der Waals surface area (Å²) >= 11 is 0. The highest BCUT2D eigenvalue weighted by Crippen LogP contribution is 2.20. The smallest absolute Gasteiger partial charge is 0.310 e. The summed E-state index contributed by atoms with van der Waals surface area (Å²) < 4.78 is 42.5. The molecule has 1 aromatic heterocycles. The van der Waals surface area contributed by atoms with Crippen molar-refractivity contribution in [3.63, 3.8) is 0 Å². The van der Waals surface area contributed by atoms with Gasteiger partial charge in [0.1, 0.15) is 0 Å². The van der Waals surface area contributed by atoms with E-state index in [0.717, 1.165) is 0 Å². The summed E-state index contributed by atoms with van der Waals surface area (Å²) in [6.07, 6.45) is -3.64. The summed E-state index contributed by atoms with van der Waals surface area (Å²) in [5.74, 6) is -1.86. The number of esters is 1. The van der Waals surface area contributed by atoms with E-state index in [0.29, 0.717) is 6.07 Å². The summed E-state index contributed by atoms with van der Waals surface area (Å²) in [5.41, 5.74) is -2.50. The minimum absolute atomic E-state index is 0.0779. The van der Waals surface area contributed by atoms with E-state index in [9.17, 15) is 22.8 Å². The molecule has 1 N–H and O–H groups in total. The molecule has 17 heavy (non-hydrogen) atoms. The van der Waals surface area contributed by atoms with Crippen molar-refractivity contribution >= 4 is 5.97 Å². The van der Waals surface area contributed by atoms with Gasteiger partial charge in [0.15, 0.2) is 5.95 Å². The molecule has 4 nitrogen and oxygen atoms in total. The second kappa shape index (κ2) is 5.51. The van der Waals surface area contributed by atoms with Crippen LogP contribution in [0.15, 0.2) is 10.9 Å². The number of hydrogen-bond donors (Lipinski definition) is 1. The highest BCUT2D eigenvalue weighted by Gasteiger charge is 2.20. The number of carbonyl (C=O) groups is 1. The van der Waals surface area contributed by atoms with Crippen molar-refractivity contribution in [1.82, 2.24) is 4.98 Å². The fraction of sp³-hybridized carbons (Fsp3) is 0.400. The second-order valence-electron chi connectivity index (χ2n) is 3.17. The van der Waals surface area contributed by atoms with Crippen LogP contribution in [0.1, 0.15) is 24.5 Å². The van der Waals surface area contributed by atoms with Crippen LogP contribution in [0.3, 0.4) is 0 Å². The first-order valence-corrected chi connectivity index (χ1v) is 4.81. The Morgan fingerprint density at radius 2 is 2.18 bits per heavy atom. The third-order valence-electron chi connectivity index (χ3n) is 1.98. The fourth-order valence-corrected chi connectivity index (χ4v) is 1.34. The number of carbonyl (C=O) groups excluding carboxylic acids is 1. The number of aromatic amines is 1. The first-order valence-electron chi connectivity index (χ1n) is 4.81. The molecule has 0 radical (unpaired) electrons. The van der Waals surface area contributed by atoms with Crippen LogP contribution in [0.2, 0.25) is 0 Å². The van der Waals surface area contributed by atoms with Crippen molar-refractivity contribution < 1.29 is 22.7 Å². The summed E-state index contributed by atoms with van der Waals surface area (Å²) in [7, 11) is 0. The van der Waals surface area contributed by atoms with Gasteiger partial charge in [-0.05, 0) is 18.6 Å². The minimum atomic E-state index is -3.08. The zero-order chi connectivity index (χ0) is 13.0. The molecule has 0 aliphatic rings. The van der Waals surface area contributed by atoms with E-state index < -0.39 is 35.9 Å². The molecule has 0 saturated heterocycles. The Morgan fingerprint density at radius 3 is 2.71 bits per heavy atom.